The number of oxazole rings is 1. The molecule has 0 spiro atoms. The Kier molecular flexibility index (Phi) is 7.23. The van der Waals surface area contributed by atoms with Crippen LogP contribution in [0, 0.1) is 13.8 Å². The Balaban J connectivity index is 1.52. The molecule has 0 saturated carbocycles. The van der Waals surface area contributed by atoms with Crippen LogP contribution >= 0.6 is 0 Å². The zero-order chi connectivity index (χ0) is 22.6. The first-order valence-corrected chi connectivity index (χ1v) is 10.6. The first-order valence-electron chi connectivity index (χ1n) is 10.6. The van der Waals surface area contributed by atoms with E-state index in [4.69, 9.17) is 13.9 Å². The minimum atomic E-state index is -0.664. The molecule has 8 heteroatoms. The average molecular weight is 432 g/mol. The summed E-state index contributed by atoms with van der Waals surface area (Å²) in [5, 5.41) is 13.0. The van der Waals surface area contributed by atoms with E-state index in [2.05, 4.69) is 28.2 Å². The summed E-state index contributed by atoms with van der Waals surface area (Å²) in [7, 11) is 0. The topological polar surface area (TPSA) is 97.1 Å². The number of carbonyl (C=O) groups excluding carboxylic acids is 1. The Morgan fingerprint density at radius 3 is 2.81 bits per heavy atom. The summed E-state index contributed by atoms with van der Waals surface area (Å²) in [6.45, 7) is 12.0. The first-order chi connectivity index (χ1) is 14.6. The fourth-order valence-corrected chi connectivity index (χ4v) is 3.68. The van der Waals surface area contributed by atoms with Gasteiger partial charge in [0.25, 0.3) is 0 Å². The van der Waals surface area contributed by atoms with Crippen molar-refractivity contribution in [1.82, 2.24) is 15.2 Å². The molecule has 31 heavy (non-hydrogen) atoms. The number of β-amino-alcohol motifs (C(OH)–C–C–N with tert-alkyl or cyclic N) is 1. The van der Waals surface area contributed by atoms with Gasteiger partial charge < -0.3 is 24.3 Å². The summed E-state index contributed by atoms with van der Waals surface area (Å²) >= 11 is 0. The standard InChI is InChI=1S/C23H33N3O5/c1-15-19-8-9-26(12-18(27)10-24-22(28)31-23(3,4)5)11-17(19)6-7-20(15)29-13-21-16(2)25-14-30-21/h6-7,14,18,27H,8-13H2,1-5H3,(H,24,28)/t18-/m0/s1. The second kappa shape index (κ2) is 9.70. The van der Waals surface area contributed by atoms with E-state index >= 15 is 0 Å². The van der Waals surface area contributed by atoms with E-state index in [9.17, 15) is 9.90 Å². The quantitative estimate of drug-likeness (QED) is 0.695. The van der Waals surface area contributed by atoms with Gasteiger partial charge >= 0.3 is 6.09 Å². The number of hydrogen-bond donors (Lipinski definition) is 2. The Morgan fingerprint density at radius 1 is 1.35 bits per heavy atom. The second-order valence-electron chi connectivity index (χ2n) is 9.00. The van der Waals surface area contributed by atoms with Gasteiger partial charge in [0.1, 0.15) is 18.0 Å². The van der Waals surface area contributed by atoms with Gasteiger partial charge in [-0.25, -0.2) is 9.78 Å². The molecule has 0 radical (unpaired) electrons. The summed E-state index contributed by atoms with van der Waals surface area (Å²) in [6, 6.07) is 4.08. The molecule has 2 aromatic rings. The van der Waals surface area contributed by atoms with Crippen LogP contribution in [0.3, 0.4) is 0 Å². The molecule has 1 aliphatic heterocycles. The predicted molar refractivity (Wildman–Crippen MR) is 116 cm³/mol. The van der Waals surface area contributed by atoms with E-state index in [0.717, 1.165) is 42.3 Å². The molecule has 0 aliphatic carbocycles. The maximum Gasteiger partial charge on any atom is 0.407 e. The van der Waals surface area contributed by atoms with Crippen molar-refractivity contribution in [3.8, 4) is 5.75 Å². The summed E-state index contributed by atoms with van der Waals surface area (Å²) in [5.41, 5.74) is 3.95. The Morgan fingerprint density at radius 2 is 2.13 bits per heavy atom. The predicted octanol–water partition coefficient (Wildman–Crippen LogP) is 3.11. The van der Waals surface area contributed by atoms with E-state index in [0.29, 0.717) is 13.2 Å². The molecule has 1 aliphatic rings. The average Bonchev–Trinajstić information content (AvgIpc) is 3.09. The molecule has 0 saturated heterocycles. The highest BCUT2D eigenvalue weighted by atomic mass is 16.6. The monoisotopic (exact) mass is 431 g/mol. The molecule has 0 fully saturated rings. The van der Waals surface area contributed by atoms with E-state index in [1.165, 1.54) is 17.5 Å². The number of carbonyl (C=O) groups is 1. The third kappa shape index (κ3) is 6.45. The number of nitrogens with zero attached hydrogens (tertiary/aromatic N) is 2. The lowest BCUT2D eigenvalue weighted by Crippen LogP contribution is -2.43. The van der Waals surface area contributed by atoms with Gasteiger partial charge in [0.15, 0.2) is 12.2 Å². The van der Waals surface area contributed by atoms with Crippen LogP contribution in [0.15, 0.2) is 22.9 Å². The maximum absolute atomic E-state index is 11.8. The minimum absolute atomic E-state index is 0.158. The highest BCUT2D eigenvalue weighted by molar-refractivity contribution is 5.67. The van der Waals surface area contributed by atoms with Crippen LogP contribution in [0.4, 0.5) is 4.79 Å². The highest BCUT2D eigenvalue weighted by Gasteiger charge is 2.23. The smallest absolute Gasteiger partial charge is 0.407 e. The molecule has 0 bridgehead atoms. The SMILES string of the molecule is Cc1ncoc1COc1ccc2c(c1C)CCN(C[C@@H](O)CNC(=O)OC(C)(C)C)C2. The van der Waals surface area contributed by atoms with Gasteiger partial charge in [0.2, 0.25) is 0 Å². The van der Waals surface area contributed by atoms with Gasteiger partial charge in [-0.2, -0.15) is 0 Å². The molecule has 3 rings (SSSR count). The lowest BCUT2D eigenvalue weighted by Gasteiger charge is -2.31. The van der Waals surface area contributed by atoms with Crippen LogP contribution in [0.2, 0.25) is 0 Å². The van der Waals surface area contributed by atoms with Crippen LogP contribution in [-0.2, 0) is 24.3 Å². The van der Waals surface area contributed by atoms with Crippen molar-refractivity contribution >= 4 is 6.09 Å². The van der Waals surface area contributed by atoms with Crippen molar-refractivity contribution in [2.75, 3.05) is 19.6 Å². The fraction of sp³-hybridized carbons (Fsp3) is 0.565. The van der Waals surface area contributed by atoms with Crippen LogP contribution < -0.4 is 10.1 Å². The zero-order valence-corrected chi connectivity index (χ0v) is 19.0. The maximum atomic E-state index is 11.8. The Labute approximate surface area is 183 Å². The lowest BCUT2D eigenvalue weighted by atomic mass is 9.94. The number of amides is 1. The normalized spacial score (nSPS) is 15.3. The minimum Gasteiger partial charge on any atom is -0.485 e. The first kappa shape index (κ1) is 23.1. The number of hydrogen-bond acceptors (Lipinski definition) is 7. The molecule has 2 N–H and O–H groups in total. The molecule has 1 aromatic carbocycles. The molecule has 1 atom stereocenters. The van der Waals surface area contributed by atoms with Crippen molar-refractivity contribution in [2.45, 2.75) is 65.9 Å². The third-order valence-corrected chi connectivity index (χ3v) is 5.27. The zero-order valence-electron chi connectivity index (χ0n) is 19.0. The summed E-state index contributed by atoms with van der Waals surface area (Å²) in [4.78, 5) is 18.0. The fourth-order valence-electron chi connectivity index (χ4n) is 3.68. The molecule has 8 nitrogen and oxygen atoms in total. The van der Waals surface area contributed by atoms with Crippen LogP contribution in [-0.4, -0.2) is 52.4 Å². The van der Waals surface area contributed by atoms with Crippen LogP contribution in [0.25, 0.3) is 0 Å². The van der Waals surface area contributed by atoms with E-state index < -0.39 is 17.8 Å². The molecule has 1 amide bonds. The number of nitrogens with one attached hydrogen (secondary N) is 1. The molecule has 170 valence electrons. The number of ether oxygens (including phenoxy) is 2. The van der Waals surface area contributed by atoms with E-state index in [1.54, 1.807) is 0 Å². The van der Waals surface area contributed by atoms with Crippen molar-refractivity contribution in [3.63, 3.8) is 0 Å². The van der Waals surface area contributed by atoms with Gasteiger partial charge in [-0.3, -0.25) is 4.90 Å². The molecule has 1 aromatic heterocycles. The van der Waals surface area contributed by atoms with Gasteiger partial charge in [0, 0.05) is 26.2 Å². The largest absolute Gasteiger partial charge is 0.485 e. The number of fused-ring (bicyclic) bond motifs is 1. The van der Waals surface area contributed by atoms with E-state index in [1.807, 2.05) is 33.8 Å². The van der Waals surface area contributed by atoms with Crippen LogP contribution in [0.1, 0.15) is 48.9 Å². The van der Waals surface area contributed by atoms with Gasteiger partial charge in [0.05, 0.1) is 11.8 Å². The van der Waals surface area contributed by atoms with Crippen molar-refractivity contribution < 1.29 is 23.8 Å². The highest BCUT2D eigenvalue weighted by Crippen LogP contribution is 2.30. The van der Waals surface area contributed by atoms with Gasteiger partial charge in [-0.15, -0.1) is 0 Å². The number of aromatic nitrogens is 1. The summed E-state index contributed by atoms with van der Waals surface area (Å²) < 4.78 is 16.5. The number of rotatable bonds is 7. The Hall–Kier alpha value is -2.58. The number of aliphatic hydroxyl groups is 1. The number of aliphatic hydroxyl groups excluding tert-OH is 1. The van der Waals surface area contributed by atoms with E-state index in [-0.39, 0.29) is 6.54 Å². The van der Waals surface area contributed by atoms with Crippen LogP contribution in [0.5, 0.6) is 5.75 Å². The van der Waals surface area contributed by atoms with Crippen molar-refractivity contribution in [3.05, 3.63) is 46.7 Å². The molecule has 2 heterocycles. The number of benzene rings is 1. The molecular formula is C23H33N3O5. The summed E-state index contributed by atoms with van der Waals surface area (Å²) in [5.74, 6) is 1.59. The molecule has 0 unspecified atom stereocenters. The lowest BCUT2D eigenvalue weighted by molar-refractivity contribution is 0.0464. The molecular weight excluding hydrogens is 398 g/mol. The number of alkyl carbamates (subject to hydrolysis) is 1. The Bertz CT molecular complexity index is 903. The number of aryl methyl sites for hydroxylation is 1. The summed E-state index contributed by atoms with van der Waals surface area (Å²) in [6.07, 6.45) is 1.13. The second-order valence-corrected chi connectivity index (χ2v) is 9.00. The van der Waals surface area contributed by atoms with Crippen molar-refractivity contribution in [1.29, 1.82) is 0 Å². The van der Waals surface area contributed by atoms with Gasteiger partial charge in [-0.05, 0) is 63.8 Å². The van der Waals surface area contributed by atoms with Gasteiger partial charge in [-0.1, -0.05) is 6.07 Å². The third-order valence-electron chi connectivity index (χ3n) is 5.27. The van der Waals surface area contributed by atoms with Crippen molar-refractivity contribution in [2.24, 2.45) is 0 Å².